The highest BCUT2D eigenvalue weighted by Gasteiger charge is 2.30. The van der Waals surface area contributed by atoms with E-state index >= 15 is 0 Å². The van der Waals surface area contributed by atoms with Crippen LogP contribution in [-0.2, 0) is 6.18 Å². The molecule has 0 radical (unpaired) electrons. The Morgan fingerprint density at radius 2 is 1.33 bits per heavy atom. The third-order valence-electron chi connectivity index (χ3n) is 2.54. The predicted molar refractivity (Wildman–Crippen MR) is 69.1 cm³/mol. The fourth-order valence-electron chi connectivity index (χ4n) is 1.57. The highest BCUT2D eigenvalue weighted by molar-refractivity contribution is 5.36. The van der Waals surface area contributed by atoms with Crippen molar-refractivity contribution in [1.82, 2.24) is 0 Å². The Kier molecular flexibility index (Phi) is 4.33. The summed E-state index contributed by atoms with van der Waals surface area (Å²) in [6.45, 7) is -0.0564. The second-order valence-electron chi connectivity index (χ2n) is 4.04. The summed E-state index contributed by atoms with van der Waals surface area (Å²) < 4.78 is 47.7. The summed E-state index contributed by atoms with van der Waals surface area (Å²) in [6, 6.07) is 12.7. The van der Waals surface area contributed by atoms with Crippen LogP contribution in [0.2, 0.25) is 0 Å². The SMILES string of the molecule is N#CCOc1ccc(Oc2ccc(C(F)(F)F)cc2)cc1. The van der Waals surface area contributed by atoms with E-state index in [0.29, 0.717) is 17.2 Å². The van der Waals surface area contributed by atoms with Crippen LogP contribution in [0.5, 0.6) is 17.2 Å². The number of rotatable bonds is 4. The number of nitrogens with zero attached hydrogens (tertiary/aromatic N) is 1. The molecule has 2 aromatic rings. The summed E-state index contributed by atoms with van der Waals surface area (Å²) in [5.74, 6) is 1.27. The minimum absolute atomic E-state index is 0.0564. The van der Waals surface area contributed by atoms with E-state index in [1.165, 1.54) is 12.1 Å². The predicted octanol–water partition coefficient (Wildman–Crippen LogP) is 4.40. The van der Waals surface area contributed by atoms with Crippen LogP contribution in [0.4, 0.5) is 13.2 Å². The monoisotopic (exact) mass is 293 g/mol. The molecule has 108 valence electrons. The molecule has 0 aliphatic heterocycles. The van der Waals surface area contributed by atoms with Gasteiger partial charge >= 0.3 is 6.18 Å². The lowest BCUT2D eigenvalue weighted by Gasteiger charge is -2.09. The number of benzene rings is 2. The van der Waals surface area contributed by atoms with Crippen LogP contribution in [0.15, 0.2) is 48.5 Å². The van der Waals surface area contributed by atoms with Crippen molar-refractivity contribution in [3.8, 4) is 23.3 Å². The molecule has 0 aliphatic carbocycles. The molecule has 0 spiro atoms. The van der Waals surface area contributed by atoms with Crippen molar-refractivity contribution in [1.29, 1.82) is 5.26 Å². The molecule has 3 nitrogen and oxygen atoms in total. The molecule has 0 unspecified atom stereocenters. The second kappa shape index (κ2) is 6.18. The molecule has 0 amide bonds. The van der Waals surface area contributed by atoms with Gasteiger partial charge in [0.25, 0.3) is 0 Å². The Hall–Kier alpha value is -2.68. The summed E-state index contributed by atoms with van der Waals surface area (Å²) in [4.78, 5) is 0. The van der Waals surface area contributed by atoms with Gasteiger partial charge in [0, 0.05) is 0 Å². The van der Waals surface area contributed by atoms with E-state index < -0.39 is 11.7 Å². The maximum atomic E-state index is 12.4. The Morgan fingerprint density at radius 1 is 0.857 bits per heavy atom. The van der Waals surface area contributed by atoms with E-state index in [9.17, 15) is 13.2 Å². The van der Waals surface area contributed by atoms with Crippen LogP contribution in [0.1, 0.15) is 5.56 Å². The van der Waals surface area contributed by atoms with E-state index in [1.54, 1.807) is 24.3 Å². The zero-order chi connectivity index (χ0) is 15.3. The molecule has 0 saturated heterocycles. The second-order valence-corrected chi connectivity index (χ2v) is 4.04. The maximum absolute atomic E-state index is 12.4. The van der Waals surface area contributed by atoms with Crippen LogP contribution >= 0.6 is 0 Å². The Balaban J connectivity index is 2.03. The summed E-state index contributed by atoms with van der Waals surface area (Å²) in [5, 5.41) is 8.38. The molecule has 0 bridgehead atoms. The largest absolute Gasteiger partial charge is 0.479 e. The Labute approximate surface area is 119 Å². The highest BCUT2D eigenvalue weighted by atomic mass is 19.4. The average Bonchev–Trinajstić information content (AvgIpc) is 2.46. The molecule has 21 heavy (non-hydrogen) atoms. The summed E-state index contributed by atoms with van der Waals surface area (Å²) in [6.07, 6.45) is -4.36. The topological polar surface area (TPSA) is 42.2 Å². The van der Waals surface area contributed by atoms with Gasteiger partial charge in [0.15, 0.2) is 6.61 Å². The molecular formula is C15H10F3NO2. The van der Waals surface area contributed by atoms with Crippen molar-refractivity contribution >= 4 is 0 Å². The number of halogens is 3. The van der Waals surface area contributed by atoms with E-state index in [-0.39, 0.29) is 6.61 Å². The van der Waals surface area contributed by atoms with Crippen LogP contribution in [0.3, 0.4) is 0 Å². The third-order valence-corrected chi connectivity index (χ3v) is 2.54. The van der Waals surface area contributed by atoms with E-state index in [0.717, 1.165) is 12.1 Å². The van der Waals surface area contributed by atoms with Crippen molar-refractivity contribution in [2.45, 2.75) is 6.18 Å². The number of hydrogen-bond donors (Lipinski definition) is 0. The summed E-state index contributed by atoms with van der Waals surface area (Å²) in [7, 11) is 0. The molecular weight excluding hydrogens is 283 g/mol. The fraction of sp³-hybridized carbons (Fsp3) is 0.133. The molecule has 0 aliphatic rings. The third kappa shape index (κ3) is 4.14. The molecule has 0 fully saturated rings. The quantitative estimate of drug-likeness (QED) is 0.839. The zero-order valence-electron chi connectivity index (χ0n) is 10.7. The number of nitriles is 1. The van der Waals surface area contributed by atoms with Gasteiger partial charge < -0.3 is 9.47 Å². The number of ether oxygens (including phenoxy) is 2. The van der Waals surface area contributed by atoms with Crippen molar-refractivity contribution < 1.29 is 22.6 Å². The molecule has 0 aromatic heterocycles. The molecule has 2 rings (SSSR count). The highest BCUT2D eigenvalue weighted by Crippen LogP contribution is 2.31. The Bertz CT molecular complexity index is 628. The molecule has 0 atom stereocenters. The average molecular weight is 293 g/mol. The van der Waals surface area contributed by atoms with Gasteiger partial charge in [0.1, 0.15) is 23.3 Å². The fourth-order valence-corrected chi connectivity index (χ4v) is 1.57. The number of alkyl halides is 3. The molecule has 6 heteroatoms. The first kappa shape index (κ1) is 14.7. The van der Waals surface area contributed by atoms with Crippen molar-refractivity contribution in [2.75, 3.05) is 6.61 Å². The van der Waals surface area contributed by atoms with E-state index in [4.69, 9.17) is 14.7 Å². The van der Waals surface area contributed by atoms with Gasteiger partial charge in [0.2, 0.25) is 0 Å². The summed E-state index contributed by atoms with van der Waals surface area (Å²) in [5.41, 5.74) is -0.727. The summed E-state index contributed by atoms with van der Waals surface area (Å²) >= 11 is 0. The molecule has 0 heterocycles. The zero-order valence-corrected chi connectivity index (χ0v) is 10.7. The van der Waals surface area contributed by atoms with Gasteiger partial charge in [-0.2, -0.15) is 18.4 Å². The van der Waals surface area contributed by atoms with Gasteiger partial charge in [-0.05, 0) is 48.5 Å². The lowest BCUT2D eigenvalue weighted by Crippen LogP contribution is -2.03. The van der Waals surface area contributed by atoms with Gasteiger partial charge in [0.05, 0.1) is 5.56 Å². The number of hydrogen-bond acceptors (Lipinski definition) is 3. The molecule has 0 N–H and O–H groups in total. The molecule has 0 saturated carbocycles. The smallest absolute Gasteiger partial charge is 0.416 e. The van der Waals surface area contributed by atoms with Crippen molar-refractivity contribution in [2.24, 2.45) is 0 Å². The van der Waals surface area contributed by atoms with E-state index in [2.05, 4.69) is 0 Å². The first-order valence-corrected chi connectivity index (χ1v) is 5.94. The van der Waals surface area contributed by atoms with Crippen LogP contribution < -0.4 is 9.47 Å². The minimum Gasteiger partial charge on any atom is -0.479 e. The van der Waals surface area contributed by atoms with Crippen LogP contribution in [-0.4, -0.2) is 6.61 Å². The minimum atomic E-state index is -4.36. The van der Waals surface area contributed by atoms with Crippen molar-refractivity contribution in [3.63, 3.8) is 0 Å². The maximum Gasteiger partial charge on any atom is 0.416 e. The Morgan fingerprint density at radius 3 is 1.81 bits per heavy atom. The standard InChI is InChI=1S/C15H10F3NO2/c16-15(17,18)11-1-3-13(4-2-11)21-14-7-5-12(6-8-14)20-10-9-19/h1-8H,10H2. The van der Waals surface area contributed by atoms with E-state index in [1.807, 2.05) is 6.07 Å². The van der Waals surface area contributed by atoms with Gasteiger partial charge in [-0.25, -0.2) is 0 Å². The first-order chi connectivity index (χ1) is 9.99. The molecule has 2 aromatic carbocycles. The normalized spacial score (nSPS) is 10.8. The lowest BCUT2D eigenvalue weighted by atomic mass is 10.2. The van der Waals surface area contributed by atoms with Crippen LogP contribution in [0, 0.1) is 11.3 Å². The van der Waals surface area contributed by atoms with Gasteiger partial charge in [-0.15, -0.1) is 0 Å². The van der Waals surface area contributed by atoms with Crippen molar-refractivity contribution in [3.05, 3.63) is 54.1 Å². The lowest BCUT2D eigenvalue weighted by molar-refractivity contribution is -0.137. The first-order valence-electron chi connectivity index (χ1n) is 5.94. The van der Waals surface area contributed by atoms with Gasteiger partial charge in [-0.3, -0.25) is 0 Å². The van der Waals surface area contributed by atoms with Gasteiger partial charge in [-0.1, -0.05) is 0 Å². The van der Waals surface area contributed by atoms with Crippen LogP contribution in [0.25, 0.3) is 0 Å².